The first-order chi connectivity index (χ1) is 12.6. The van der Waals surface area contributed by atoms with Crippen LogP contribution in [0.15, 0.2) is 60.7 Å². The van der Waals surface area contributed by atoms with Crippen LogP contribution in [0.3, 0.4) is 0 Å². The van der Waals surface area contributed by atoms with Gasteiger partial charge in [0.05, 0.1) is 0 Å². The molecule has 2 fully saturated rings. The lowest BCUT2D eigenvalue weighted by molar-refractivity contribution is -0.159. The van der Waals surface area contributed by atoms with Crippen LogP contribution in [0.1, 0.15) is 43.7 Å². The molecule has 2 bridgehead atoms. The highest BCUT2D eigenvalue weighted by Gasteiger charge is 2.58. The average Bonchev–Trinajstić information content (AvgIpc) is 3.35. The Morgan fingerprint density at radius 1 is 1.00 bits per heavy atom. The van der Waals surface area contributed by atoms with Crippen LogP contribution < -0.4 is 0 Å². The van der Waals surface area contributed by atoms with Gasteiger partial charge in [-0.1, -0.05) is 61.5 Å². The molecule has 0 heterocycles. The van der Waals surface area contributed by atoms with E-state index in [1.54, 1.807) is 6.92 Å². The number of ether oxygens (including phenoxy) is 1. The molecule has 2 aromatic carbocycles. The van der Waals surface area contributed by atoms with Gasteiger partial charge < -0.3 is 4.74 Å². The molecule has 2 aromatic rings. The highest BCUT2D eigenvalue weighted by atomic mass is 16.6. The Balaban J connectivity index is 1.76. The number of esters is 1. The summed E-state index contributed by atoms with van der Waals surface area (Å²) in [7, 11) is 0. The van der Waals surface area contributed by atoms with Crippen LogP contribution in [0.4, 0.5) is 0 Å². The van der Waals surface area contributed by atoms with Gasteiger partial charge in [-0.2, -0.15) is 0 Å². The molecular weight excluding hydrogens is 320 g/mol. The molecule has 0 amide bonds. The highest BCUT2D eigenvalue weighted by Crippen LogP contribution is 2.62. The molecule has 132 valence electrons. The minimum atomic E-state index is -0.664. The fraction of sp³-hybridized carbons (Fsp3) is 0.375. The van der Waals surface area contributed by atoms with Crippen molar-refractivity contribution >= 4 is 5.97 Å². The third-order valence-corrected chi connectivity index (χ3v) is 6.81. The second kappa shape index (κ2) is 5.57. The summed E-state index contributed by atoms with van der Waals surface area (Å²) in [6.45, 7) is 5.58. The third kappa shape index (κ3) is 2.02. The van der Waals surface area contributed by atoms with Crippen molar-refractivity contribution < 1.29 is 9.53 Å². The second-order valence-corrected chi connectivity index (χ2v) is 8.28. The molecule has 0 N–H and O–H groups in total. The molecule has 0 spiro atoms. The zero-order valence-corrected chi connectivity index (χ0v) is 15.2. The van der Waals surface area contributed by atoms with Gasteiger partial charge in [-0.3, -0.25) is 0 Å². The molecule has 0 saturated heterocycles. The Hall–Kier alpha value is -2.35. The van der Waals surface area contributed by atoms with E-state index in [2.05, 4.69) is 55.1 Å². The fourth-order valence-corrected chi connectivity index (χ4v) is 5.79. The summed E-state index contributed by atoms with van der Waals surface area (Å²) in [5, 5.41) is 0. The first-order valence-electron chi connectivity index (χ1n) is 9.69. The van der Waals surface area contributed by atoms with Gasteiger partial charge in [-0.25, -0.2) is 4.79 Å². The molecule has 3 aliphatic rings. The van der Waals surface area contributed by atoms with E-state index in [-0.39, 0.29) is 5.97 Å². The summed E-state index contributed by atoms with van der Waals surface area (Å²) in [6, 6.07) is 16.9. The van der Waals surface area contributed by atoms with E-state index in [9.17, 15) is 4.79 Å². The maximum atomic E-state index is 12.8. The number of benzene rings is 2. The van der Waals surface area contributed by atoms with Crippen molar-refractivity contribution in [2.24, 2.45) is 17.8 Å². The number of carbonyl (C=O) groups is 1. The molecule has 2 heteroatoms. The summed E-state index contributed by atoms with van der Waals surface area (Å²) in [4.78, 5) is 12.8. The topological polar surface area (TPSA) is 26.3 Å². The average molecular weight is 344 g/mol. The summed E-state index contributed by atoms with van der Waals surface area (Å²) < 4.78 is 6.41. The Bertz CT molecular complexity index is 864. The molecule has 3 unspecified atom stereocenters. The summed E-state index contributed by atoms with van der Waals surface area (Å²) >= 11 is 0. The van der Waals surface area contributed by atoms with E-state index in [0.29, 0.717) is 17.4 Å². The number of hydrogen-bond donors (Lipinski definition) is 0. The molecule has 26 heavy (non-hydrogen) atoms. The van der Waals surface area contributed by atoms with Crippen LogP contribution >= 0.6 is 0 Å². The van der Waals surface area contributed by atoms with Gasteiger partial charge in [0, 0.05) is 22.6 Å². The quantitative estimate of drug-likeness (QED) is 0.545. The Labute approximate surface area is 154 Å². The highest BCUT2D eigenvalue weighted by molar-refractivity contribution is 5.89. The van der Waals surface area contributed by atoms with Gasteiger partial charge in [0.15, 0.2) is 5.60 Å². The monoisotopic (exact) mass is 344 g/mol. The van der Waals surface area contributed by atoms with E-state index < -0.39 is 5.60 Å². The minimum absolute atomic E-state index is 0.278. The molecule has 3 aliphatic carbocycles. The molecule has 0 aromatic heterocycles. The van der Waals surface area contributed by atoms with Crippen molar-refractivity contribution in [1.29, 1.82) is 0 Å². The first-order valence-corrected chi connectivity index (χ1v) is 9.69. The Morgan fingerprint density at radius 3 is 2.12 bits per heavy atom. The van der Waals surface area contributed by atoms with E-state index in [1.165, 1.54) is 30.4 Å². The van der Waals surface area contributed by atoms with Crippen molar-refractivity contribution in [3.63, 3.8) is 0 Å². The van der Waals surface area contributed by atoms with Gasteiger partial charge in [0.2, 0.25) is 0 Å². The molecule has 2 saturated carbocycles. The van der Waals surface area contributed by atoms with Crippen molar-refractivity contribution in [1.82, 2.24) is 0 Å². The first kappa shape index (κ1) is 15.9. The smallest absolute Gasteiger partial charge is 0.334 e. The predicted molar refractivity (Wildman–Crippen MR) is 103 cm³/mol. The second-order valence-electron chi connectivity index (χ2n) is 8.28. The van der Waals surface area contributed by atoms with E-state index in [1.807, 2.05) is 0 Å². The summed E-state index contributed by atoms with van der Waals surface area (Å²) in [5.41, 5.74) is 4.54. The Morgan fingerprint density at radius 2 is 1.62 bits per heavy atom. The lowest BCUT2D eigenvalue weighted by Crippen LogP contribution is -2.42. The number of hydrogen-bond acceptors (Lipinski definition) is 2. The largest absolute Gasteiger partial charge is 0.446 e. The van der Waals surface area contributed by atoms with Crippen LogP contribution in [0.2, 0.25) is 0 Å². The van der Waals surface area contributed by atoms with Crippen LogP contribution in [-0.4, -0.2) is 5.97 Å². The molecule has 2 nitrogen and oxygen atoms in total. The zero-order valence-electron chi connectivity index (χ0n) is 15.2. The van der Waals surface area contributed by atoms with Gasteiger partial charge in [0.1, 0.15) is 0 Å². The van der Waals surface area contributed by atoms with E-state index in [4.69, 9.17) is 4.74 Å². The van der Waals surface area contributed by atoms with Crippen molar-refractivity contribution in [2.75, 3.05) is 0 Å². The van der Waals surface area contributed by atoms with Crippen LogP contribution in [0, 0.1) is 17.8 Å². The van der Waals surface area contributed by atoms with Crippen molar-refractivity contribution in [2.45, 2.75) is 38.2 Å². The van der Waals surface area contributed by atoms with E-state index in [0.717, 1.165) is 23.5 Å². The van der Waals surface area contributed by atoms with Gasteiger partial charge in [-0.05, 0) is 49.1 Å². The lowest BCUT2D eigenvalue weighted by Gasteiger charge is -2.41. The van der Waals surface area contributed by atoms with Crippen molar-refractivity contribution in [3.05, 3.63) is 71.8 Å². The van der Waals surface area contributed by atoms with Gasteiger partial charge in [0.25, 0.3) is 0 Å². The lowest BCUT2D eigenvalue weighted by atomic mass is 9.71. The summed E-state index contributed by atoms with van der Waals surface area (Å²) in [5.74, 6) is 1.50. The van der Waals surface area contributed by atoms with E-state index >= 15 is 0 Å². The maximum absolute atomic E-state index is 12.8. The fourth-order valence-electron chi connectivity index (χ4n) is 5.79. The Kier molecular flexibility index (Phi) is 3.40. The molecule has 3 atom stereocenters. The van der Waals surface area contributed by atoms with Crippen LogP contribution in [0.5, 0.6) is 0 Å². The van der Waals surface area contributed by atoms with Gasteiger partial charge >= 0.3 is 5.97 Å². The predicted octanol–water partition coefficient (Wildman–Crippen LogP) is 5.47. The number of carbonyl (C=O) groups excluding carboxylic acids is 1. The SMILES string of the molecule is C=C(C)C(=O)OC1(C2CC3CCC2C3)c2ccccc2-c2ccccc21. The van der Waals surface area contributed by atoms with Crippen molar-refractivity contribution in [3.8, 4) is 11.1 Å². The molecule has 0 radical (unpaired) electrons. The maximum Gasteiger partial charge on any atom is 0.334 e. The summed E-state index contributed by atoms with van der Waals surface area (Å²) in [6.07, 6.45) is 5.01. The van der Waals surface area contributed by atoms with Crippen LogP contribution in [-0.2, 0) is 15.1 Å². The standard InChI is InChI=1S/C24H24O2/c1-15(2)23(25)26-24(22-14-16-11-12-17(22)13-16)20-9-5-3-7-18(20)19-8-4-6-10-21(19)24/h3-10,16-17,22H,1,11-14H2,2H3. The van der Waals surface area contributed by atoms with Gasteiger partial charge in [-0.15, -0.1) is 0 Å². The van der Waals surface area contributed by atoms with Crippen LogP contribution in [0.25, 0.3) is 11.1 Å². The minimum Gasteiger partial charge on any atom is -0.446 e. The third-order valence-electron chi connectivity index (χ3n) is 6.81. The normalized spacial score (nSPS) is 27.0. The molecule has 5 rings (SSSR count). The number of fused-ring (bicyclic) bond motifs is 5. The zero-order chi connectivity index (χ0) is 17.9. The number of rotatable bonds is 3. The molecule has 0 aliphatic heterocycles. The molecular formula is C24H24O2.